The van der Waals surface area contributed by atoms with E-state index in [1.807, 2.05) is 60.7 Å². The summed E-state index contributed by atoms with van der Waals surface area (Å²) in [6.45, 7) is 0.914. The third-order valence-electron chi connectivity index (χ3n) is 2.62. The van der Waals surface area contributed by atoms with E-state index in [1.54, 1.807) is 0 Å². The molecule has 0 heterocycles. The second-order valence-corrected chi connectivity index (χ2v) is 4.98. The van der Waals surface area contributed by atoms with Crippen LogP contribution in [0.1, 0.15) is 11.1 Å². The van der Waals surface area contributed by atoms with E-state index in [0.717, 1.165) is 11.1 Å². The van der Waals surface area contributed by atoms with E-state index >= 15 is 0 Å². The molecule has 1 atom stereocenters. The van der Waals surface area contributed by atoms with Gasteiger partial charge < -0.3 is 0 Å². The van der Waals surface area contributed by atoms with Gasteiger partial charge in [-0.25, -0.2) is 4.21 Å². The van der Waals surface area contributed by atoms with Gasteiger partial charge >= 0.3 is 0 Å². The molecular formula is C14H15NO2S. The van der Waals surface area contributed by atoms with Crippen LogP contribution in [0.5, 0.6) is 0 Å². The quantitative estimate of drug-likeness (QED) is 0.841. The summed E-state index contributed by atoms with van der Waals surface area (Å²) >= 11 is -1.97. The lowest BCUT2D eigenvalue weighted by molar-refractivity contribution is 0.386. The van der Waals surface area contributed by atoms with Gasteiger partial charge in [-0.1, -0.05) is 60.7 Å². The van der Waals surface area contributed by atoms with Crippen molar-refractivity contribution in [3.05, 3.63) is 71.8 Å². The summed E-state index contributed by atoms with van der Waals surface area (Å²) in [6, 6.07) is 19.4. The van der Waals surface area contributed by atoms with Crippen LogP contribution in [0.15, 0.2) is 60.7 Å². The average Bonchev–Trinajstić information content (AvgIpc) is 2.40. The van der Waals surface area contributed by atoms with Crippen LogP contribution in [0, 0.1) is 0 Å². The number of benzene rings is 2. The highest BCUT2D eigenvalue weighted by Crippen LogP contribution is 2.11. The van der Waals surface area contributed by atoms with Crippen molar-refractivity contribution in [3.8, 4) is 0 Å². The molecule has 0 radical (unpaired) electrons. The van der Waals surface area contributed by atoms with Crippen LogP contribution in [-0.4, -0.2) is 13.1 Å². The van der Waals surface area contributed by atoms with E-state index in [9.17, 15) is 8.76 Å². The van der Waals surface area contributed by atoms with Gasteiger partial charge in [0.05, 0.1) is 0 Å². The van der Waals surface area contributed by atoms with Crippen molar-refractivity contribution in [3.63, 3.8) is 0 Å². The zero-order chi connectivity index (χ0) is 12.8. The first kappa shape index (κ1) is 13.0. The van der Waals surface area contributed by atoms with Gasteiger partial charge in [0.2, 0.25) is 11.3 Å². The van der Waals surface area contributed by atoms with Crippen molar-refractivity contribution in [1.82, 2.24) is 4.31 Å². The van der Waals surface area contributed by atoms with Gasteiger partial charge in [-0.2, -0.15) is 4.31 Å². The van der Waals surface area contributed by atoms with Crippen LogP contribution in [0.25, 0.3) is 0 Å². The number of nitrogens with zero attached hydrogens (tertiary/aromatic N) is 1. The standard InChI is InChI=1S/C14H15NO2S/c16-18(17)15(11-13-7-3-1-4-8-13)12-14-9-5-2-6-10-14/h1-10H,11-12H2,(H,16,17). The summed E-state index contributed by atoms with van der Waals surface area (Å²) < 4.78 is 22.2. The lowest BCUT2D eigenvalue weighted by Gasteiger charge is -2.17. The summed E-state index contributed by atoms with van der Waals surface area (Å²) in [4.78, 5) is 0. The monoisotopic (exact) mass is 261 g/mol. The molecule has 0 saturated carbocycles. The molecule has 0 amide bonds. The molecular weight excluding hydrogens is 246 g/mol. The lowest BCUT2D eigenvalue weighted by atomic mass is 10.2. The zero-order valence-electron chi connectivity index (χ0n) is 9.90. The molecule has 1 N–H and O–H groups in total. The molecule has 3 nitrogen and oxygen atoms in total. The molecule has 0 fully saturated rings. The summed E-state index contributed by atoms with van der Waals surface area (Å²) in [5.41, 5.74) is 2.05. The molecule has 2 rings (SSSR count). The Morgan fingerprint density at radius 2 is 1.22 bits per heavy atom. The van der Waals surface area contributed by atoms with Gasteiger partial charge in [0.15, 0.2) is 0 Å². The molecule has 0 aliphatic carbocycles. The summed E-state index contributed by atoms with van der Waals surface area (Å²) in [5.74, 6) is 0. The zero-order valence-corrected chi connectivity index (χ0v) is 10.7. The average molecular weight is 261 g/mol. The Hall–Kier alpha value is -1.49. The Balaban J connectivity index is 2.08. The first-order chi connectivity index (χ1) is 8.75. The van der Waals surface area contributed by atoms with Gasteiger partial charge in [0.25, 0.3) is 0 Å². The van der Waals surface area contributed by atoms with Crippen LogP contribution in [0.4, 0.5) is 0 Å². The fourth-order valence-electron chi connectivity index (χ4n) is 1.74. The minimum Gasteiger partial charge on any atom is -0.294 e. The number of rotatable bonds is 5. The van der Waals surface area contributed by atoms with Crippen molar-refractivity contribution < 1.29 is 8.76 Å². The number of hydrogen-bond acceptors (Lipinski definition) is 1. The van der Waals surface area contributed by atoms with Gasteiger partial charge in [-0.05, 0) is 11.1 Å². The van der Waals surface area contributed by atoms with Crippen molar-refractivity contribution in [2.75, 3.05) is 0 Å². The van der Waals surface area contributed by atoms with Crippen LogP contribution in [-0.2, 0) is 24.4 Å². The maximum atomic E-state index is 11.3. The normalized spacial score (nSPS) is 12.6. The van der Waals surface area contributed by atoms with Crippen molar-refractivity contribution in [1.29, 1.82) is 0 Å². The maximum absolute atomic E-state index is 11.3. The van der Waals surface area contributed by atoms with Gasteiger partial charge in [0, 0.05) is 13.1 Å². The number of hydrogen-bond donors (Lipinski definition) is 1. The molecule has 94 valence electrons. The van der Waals surface area contributed by atoms with Crippen LogP contribution < -0.4 is 0 Å². The first-order valence-corrected chi connectivity index (χ1v) is 6.76. The lowest BCUT2D eigenvalue weighted by Crippen LogP contribution is -2.24. The van der Waals surface area contributed by atoms with Crippen molar-refractivity contribution >= 4 is 11.3 Å². The van der Waals surface area contributed by atoms with Crippen molar-refractivity contribution in [2.45, 2.75) is 13.1 Å². The smallest absolute Gasteiger partial charge is 0.235 e. The highest BCUT2D eigenvalue weighted by molar-refractivity contribution is 7.76. The highest BCUT2D eigenvalue weighted by Gasteiger charge is 2.12. The van der Waals surface area contributed by atoms with E-state index in [2.05, 4.69) is 0 Å². The minimum atomic E-state index is -1.97. The van der Waals surface area contributed by atoms with Gasteiger partial charge in [-0.3, -0.25) is 4.55 Å². The molecule has 0 aromatic heterocycles. The maximum Gasteiger partial charge on any atom is 0.235 e. The SMILES string of the molecule is O=S(O)N(Cc1ccccc1)Cc1ccccc1. The Morgan fingerprint density at radius 1 is 0.833 bits per heavy atom. The van der Waals surface area contributed by atoms with Gasteiger partial charge in [0.1, 0.15) is 0 Å². The Morgan fingerprint density at radius 3 is 1.56 bits per heavy atom. The molecule has 1 unspecified atom stereocenters. The fraction of sp³-hybridized carbons (Fsp3) is 0.143. The molecule has 0 saturated heterocycles. The predicted molar refractivity (Wildman–Crippen MR) is 72.9 cm³/mol. The molecule has 18 heavy (non-hydrogen) atoms. The van der Waals surface area contributed by atoms with E-state index in [0.29, 0.717) is 13.1 Å². The van der Waals surface area contributed by atoms with E-state index in [4.69, 9.17) is 0 Å². The minimum absolute atomic E-state index is 0.457. The van der Waals surface area contributed by atoms with E-state index in [-0.39, 0.29) is 0 Å². The highest BCUT2D eigenvalue weighted by atomic mass is 32.2. The van der Waals surface area contributed by atoms with E-state index in [1.165, 1.54) is 4.31 Å². The Kier molecular flexibility index (Phi) is 4.64. The molecule has 4 heteroatoms. The topological polar surface area (TPSA) is 40.5 Å². The molecule has 2 aromatic rings. The van der Waals surface area contributed by atoms with Crippen LogP contribution in [0.3, 0.4) is 0 Å². The third-order valence-corrected chi connectivity index (χ3v) is 3.32. The summed E-state index contributed by atoms with van der Waals surface area (Å²) in [7, 11) is 0. The summed E-state index contributed by atoms with van der Waals surface area (Å²) in [6.07, 6.45) is 0. The molecule has 0 aliphatic rings. The molecule has 0 aliphatic heterocycles. The van der Waals surface area contributed by atoms with Crippen molar-refractivity contribution in [2.24, 2.45) is 0 Å². The fourth-order valence-corrected chi connectivity index (χ4v) is 2.26. The molecule has 2 aromatic carbocycles. The van der Waals surface area contributed by atoms with E-state index < -0.39 is 11.3 Å². The molecule has 0 spiro atoms. The predicted octanol–water partition coefficient (Wildman–Crippen LogP) is 2.83. The van der Waals surface area contributed by atoms with Crippen LogP contribution in [0.2, 0.25) is 0 Å². The summed E-state index contributed by atoms with van der Waals surface area (Å²) in [5, 5.41) is 0. The Labute approximate surface area is 109 Å². The molecule has 0 bridgehead atoms. The van der Waals surface area contributed by atoms with Crippen LogP contribution >= 0.6 is 0 Å². The van der Waals surface area contributed by atoms with Gasteiger partial charge in [-0.15, -0.1) is 0 Å². The second-order valence-electron chi connectivity index (χ2n) is 4.00. The Bertz CT molecular complexity index is 460. The third kappa shape index (κ3) is 3.77. The largest absolute Gasteiger partial charge is 0.294 e. The first-order valence-electron chi connectivity index (χ1n) is 5.69. The second kappa shape index (κ2) is 6.44.